The highest BCUT2D eigenvalue weighted by Gasteiger charge is 2.28. The molecule has 7 rings (SSSR count). The number of ether oxygens (including phenoxy) is 1. The van der Waals surface area contributed by atoms with Crippen molar-refractivity contribution in [3.63, 3.8) is 0 Å². The monoisotopic (exact) mass is 824 g/mol. The molecule has 2 fully saturated rings. The number of piperidine rings is 2. The van der Waals surface area contributed by atoms with Crippen molar-refractivity contribution in [1.82, 2.24) is 30.2 Å². The third kappa shape index (κ3) is 9.40. The van der Waals surface area contributed by atoms with Crippen molar-refractivity contribution in [1.29, 1.82) is 0 Å². The zero-order valence-electron chi connectivity index (χ0n) is 31.3. The average molecular weight is 826 g/mol. The fourth-order valence-corrected chi connectivity index (χ4v) is 9.19. The number of rotatable bonds is 13. The molecule has 2 amide bonds. The lowest BCUT2D eigenvalue weighted by Gasteiger charge is -2.32. The summed E-state index contributed by atoms with van der Waals surface area (Å²) in [5.41, 5.74) is 6.16. The van der Waals surface area contributed by atoms with E-state index in [0.717, 1.165) is 50.1 Å². The van der Waals surface area contributed by atoms with Gasteiger partial charge in [-0.25, -0.2) is 4.98 Å². The number of anilines is 4. The number of hydrogen-bond donors (Lipinski definition) is 3. The Kier molecular flexibility index (Phi) is 11.9. The molecule has 0 bridgehead atoms. The van der Waals surface area contributed by atoms with Gasteiger partial charge in [0.2, 0.25) is 17.8 Å². The molecule has 3 N–H and O–H groups in total. The summed E-state index contributed by atoms with van der Waals surface area (Å²) in [5, 5.41) is 9.74. The van der Waals surface area contributed by atoms with Crippen LogP contribution in [0.15, 0.2) is 77.7 Å². The lowest BCUT2D eigenvalue weighted by atomic mass is 9.89. The molecule has 2 aromatic heterocycles. The average Bonchev–Trinajstić information content (AvgIpc) is 3.18. The Morgan fingerprint density at radius 1 is 0.909 bits per heavy atom. The molecule has 4 heterocycles. The highest BCUT2D eigenvalue weighted by molar-refractivity contribution is 9.10. The molecule has 3 aromatic carbocycles. The number of halogens is 1. The van der Waals surface area contributed by atoms with E-state index in [9.17, 15) is 14.2 Å². The third-order valence-electron chi connectivity index (χ3n) is 10.5. The molecule has 2 aliphatic rings. The minimum Gasteiger partial charge on any atom is -0.495 e. The number of benzene rings is 3. The molecule has 55 heavy (non-hydrogen) atoms. The van der Waals surface area contributed by atoms with Crippen LogP contribution in [0.1, 0.15) is 54.7 Å². The summed E-state index contributed by atoms with van der Waals surface area (Å²) < 4.78 is 19.9. The molecule has 0 spiro atoms. The summed E-state index contributed by atoms with van der Waals surface area (Å²) in [6, 6.07) is 18.3. The fourth-order valence-electron chi connectivity index (χ4n) is 7.51. The second-order valence-corrected chi connectivity index (χ2v) is 18.7. The van der Waals surface area contributed by atoms with Gasteiger partial charge < -0.3 is 24.8 Å². The summed E-state index contributed by atoms with van der Waals surface area (Å²) in [6.07, 6.45) is 11.3. The number of aryl methyl sites for hydroxylation is 1. The number of hydrogen-bond acceptors (Lipinski definition) is 11. The van der Waals surface area contributed by atoms with Crippen molar-refractivity contribution in [3.05, 3.63) is 94.4 Å². The minimum absolute atomic E-state index is 0.181. The van der Waals surface area contributed by atoms with Crippen molar-refractivity contribution in [2.24, 2.45) is 5.92 Å². The largest absolute Gasteiger partial charge is 0.495 e. The van der Waals surface area contributed by atoms with Gasteiger partial charge in [-0.15, -0.1) is 0 Å². The first-order valence-corrected chi connectivity index (χ1v) is 22.1. The number of amides is 2. The van der Waals surface area contributed by atoms with Crippen LogP contribution in [0.4, 0.5) is 23.1 Å². The smallest absolute Gasteiger partial charge is 0.234 e. The molecule has 2 saturated heterocycles. The van der Waals surface area contributed by atoms with Gasteiger partial charge in [0, 0.05) is 31.6 Å². The fraction of sp³-hybridized carbons (Fsp3) is 0.366. The molecular weight excluding hydrogens is 779 g/mol. The Labute approximate surface area is 329 Å². The van der Waals surface area contributed by atoms with Crippen molar-refractivity contribution in [2.45, 2.75) is 50.9 Å². The van der Waals surface area contributed by atoms with Crippen LogP contribution >= 0.6 is 23.1 Å². The summed E-state index contributed by atoms with van der Waals surface area (Å²) in [6.45, 7) is 6.67. The minimum atomic E-state index is -2.75. The van der Waals surface area contributed by atoms with Crippen molar-refractivity contribution >= 4 is 74.4 Å². The topological polar surface area (TPSA) is 151 Å². The Bertz CT molecular complexity index is 2240. The predicted molar refractivity (Wildman–Crippen MR) is 221 cm³/mol. The van der Waals surface area contributed by atoms with E-state index in [1.54, 1.807) is 39.0 Å². The second-order valence-electron chi connectivity index (χ2n) is 14.7. The van der Waals surface area contributed by atoms with Crippen molar-refractivity contribution in [3.8, 4) is 5.75 Å². The third-order valence-corrected chi connectivity index (χ3v) is 12.7. The number of fused-ring (bicyclic) bond motifs is 1. The van der Waals surface area contributed by atoms with Gasteiger partial charge in [0.1, 0.15) is 24.2 Å². The second kappa shape index (κ2) is 17.0. The van der Waals surface area contributed by atoms with Gasteiger partial charge >= 0.3 is 0 Å². The normalized spacial score (nSPS) is 16.9. The van der Waals surface area contributed by atoms with Gasteiger partial charge in [-0.2, -0.15) is 4.98 Å². The number of nitrogens with zero attached hydrogens (tertiary/aromatic N) is 5. The highest BCUT2D eigenvalue weighted by atomic mass is 79.9. The van der Waals surface area contributed by atoms with E-state index in [1.165, 1.54) is 24.0 Å². The maximum Gasteiger partial charge on any atom is 0.234 e. The molecule has 2 aliphatic heterocycles. The van der Waals surface area contributed by atoms with E-state index < -0.39 is 7.14 Å². The summed E-state index contributed by atoms with van der Waals surface area (Å²) in [5.74, 6) is 1.68. The number of likely N-dealkylation sites (tertiary alicyclic amines) is 1. The lowest BCUT2D eigenvalue weighted by molar-refractivity contribution is -0.134. The predicted octanol–water partition coefficient (Wildman–Crippen LogP) is 7.33. The summed E-state index contributed by atoms with van der Waals surface area (Å²) >= 11 is 3.57. The number of carbonyl (C=O) groups is 2. The molecule has 0 aliphatic carbocycles. The first-order valence-electron chi connectivity index (χ1n) is 18.7. The van der Waals surface area contributed by atoms with Gasteiger partial charge in [-0.05, 0) is 128 Å². The molecule has 14 heteroatoms. The molecule has 12 nitrogen and oxygen atoms in total. The molecule has 5 aromatic rings. The zero-order valence-corrected chi connectivity index (χ0v) is 33.8. The Balaban J connectivity index is 0.910. The van der Waals surface area contributed by atoms with E-state index in [2.05, 4.69) is 76.0 Å². The number of aromatic nitrogens is 4. The van der Waals surface area contributed by atoms with Gasteiger partial charge in [-0.3, -0.25) is 24.9 Å². The van der Waals surface area contributed by atoms with Gasteiger partial charge in [0.25, 0.3) is 0 Å². The van der Waals surface area contributed by atoms with Gasteiger partial charge in [0.15, 0.2) is 0 Å². The molecule has 0 saturated carbocycles. The van der Waals surface area contributed by atoms with E-state index in [-0.39, 0.29) is 17.7 Å². The maximum atomic E-state index is 13.4. The van der Waals surface area contributed by atoms with E-state index in [0.29, 0.717) is 62.8 Å². The Morgan fingerprint density at radius 2 is 1.65 bits per heavy atom. The molecule has 0 radical (unpaired) electrons. The SMILES string of the molecule is COc1cc(CCC2CCN(CCc3ccc(C4CCC(=O)NC4=O)cc3)CC2)ccc1Nc1ncc(Br)c(Nc2ccc3nccnc3c2P(C)(C)=O)n1. The maximum absolute atomic E-state index is 13.4. The van der Waals surface area contributed by atoms with Crippen LogP contribution in [-0.2, 0) is 27.0 Å². The highest BCUT2D eigenvalue weighted by Crippen LogP contribution is 2.41. The van der Waals surface area contributed by atoms with Crippen LogP contribution in [0.5, 0.6) is 5.75 Å². The first-order chi connectivity index (χ1) is 26.5. The quantitative estimate of drug-likeness (QED) is 0.0809. The van der Waals surface area contributed by atoms with Crippen molar-refractivity contribution < 1.29 is 18.9 Å². The first kappa shape index (κ1) is 38.6. The number of imide groups is 1. The van der Waals surface area contributed by atoms with Crippen LogP contribution in [-0.4, -0.2) is 76.7 Å². The molecular formula is C41H46BrN8O4P. The van der Waals surface area contributed by atoms with Crippen LogP contribution in [0.3, 0.4) is 0 Å². The van der Waals surface area contributed by atoms with Crippen LogP contribution < -0.4 is 26.0 Å². The number of nitrogens with one attached hydrogen (secondary N) is 3. The Morgan fingerprint density at radius 3 is 2.40 bits per heavy atom. The number of methoxy groups -OCH3 is 1. The standard InChI is InChI=1S/C41H46BrN8O4P/c1-54-35-24-28(5-4-27-17-22-50(23-18-27)21-16-26-6-9-29(10-7-26)30-11-15-36(51)48-40(30)52)8-12-32(35)47-41-45-25-31(42)39(49-41)46-34-14-13-33-37(44-20-19-43-33)38(34)55(2,3)53/h6-10,12-14,19-20,24-25,27,30H,4-5,11,15-18,21-23H2,1-3H3,(H,48,51,52)(H2,45,46,47,49). The molecule has 1 atom stereocenters. The van der Waals surface area contributed by atoms with Crippen LogP contribution in [0, 0.1) is 5.92 Å². The van der Waals surface area contributed by atoms with Crippen LogP contribution in [0.25, 0.3) is 11.0 Å². The van der Waals surface area contributed by atoms with Gasteiger partial charge in [0.05, 0.1) is 39.7 Å². The Hall–Kier alpha value is -4.71. The summed E-state index contributed by atoms with van der Waals surface area (Å²) in [4.78, 5) is 44.4. The lowest BCUT2D eigenvalue weighted by Crippen LogP contribution is -2.39. The number of carbonyl (C=O) groups excluding carboxylic acids is 2. The van der Waals surface area contributed by atoms with Crippen molar-refractivity contribution in [2.75, 3.05) is 50.7 Å². The van der Waals surface area contributed by atoms with Gasteiger partial charge in [-0.1, -0.05) is 30.3 Å². The molecule has 1 unspecified atom stereocenters. The zero-order chi connectivity index (χ0) is 38.5. The van der Waals surface area contributed by atoms with E-state index in [4.69, 9.17) is 9.72 Å². The molecule has 286 valence electrons. The summed E-state index contributed by atoms with van der Waals surface area (Å²) in [7, 11) is -1.08. The van der Waals surface area contributed by atoms with E-state index in [1.807, 2.05) is 30.3 Å². The van der Waals surface area contributed by atoms with E-state index >= 15 is 0 Å². The van der Waals surface area contributed by atoms with Crippen LogP contribution in [0.2, 0.25) is 0 Å².